The first-order chi connectivity index (χ1) is 7.83. The van der Waals surface area contributed by atoms with E-state index >= 15 is 0 Å². The molecular formula is C13H11BrClN. The zero-order valence-corrected chi connectivity index (χ0v) is 10.9. The van der Waals surface area contributed by atoms with Crippen LogP contribution in [0.4, 0.5) is 5.69 Å². The van der Waals surface area contributed by atoms with Gasteiger partial charge in [0.2, 0.25) is 0 Å². The van der Waals surface area contributed by atoms with Gasteiger partial charge in [-0.05, 0) is 17.5 Å². The predicted octanol–water partition coefficient (Wildman–Crippen LogP) is 4.77. The fraction of sp³-hybridized carbons (Fsp3) is 0.0769. The second-order valence-corrected chi connectivity index (χ2v) is 4.49. The van der Waals surface area contributed by atoms with E-state index in [2.05, 4.69) is 45.5 Å². The smallest absolute Gasteiger partial charge is 0.0423 e. The lowest BCUT2D eigenvalue weighted by molar-refractivity contribution is 1.35. The van der Waals surface area contributed by atoms with Crippen LogP contribution >= 0.6 is 27.5 Å². The number of hydrogen-bond acceptors (Lipinski definition) is 1. The first-order valence-corrected chi connectivity index (χ1v) is 6.22. The highest BCUT2D eigenvalue weighted by Crippen LogP contribution is 2.29. The van der Waals surface area contributed by atoms with Gasteiger partial charge in [-0.1, -0.05) is 57.9 Å². The highest BCUT2D eigenvalue weighted by Gasteiger charge is 2.02. The number of fused-ring (bicyclic) bond motifs is 1. The van der Waals surface area contributed by atoms with E-state index in [1.165, 1.54) is 16.3 Å². The summed E-state index contributed by atoms with van der Waals surface area (Å²) in [4.78, 5) is 0. The molecular weight excluding hydrogens is 286 g/mol. The van der Waals surface area contributed by atoms with E-state index in [9.17, 15) is 0 Å². The van der Waals surface area contributed by atoms with Crippen LogP contribution in [0.1, 0.15) is 0 Å². The lowest BCUT2D eigenvalue weighted by Crippen LogP contribution is -1.98. The summed E-state index contributed by atoms with van der Waals surface area (Å²) in [5.74, 6) is 0. The summed E-state index contributed by atoms with van der Waals surface area (Å²) >= 11 is 9.03. The molecule has 0 amide bonds. The van der Waals surface area contributed by atoms with Gasteiger partial charge in [-0.15, -0.1) is 0 Å². The summed E-state index contributed by atoms with van der Waals surface area (Å²) in [6.45, 7) is 0.731. The third-order valence-electron chi connectivity index (χ3n) is 2.37. The molecule has 2 rings (SSSR count). The van der Waals surface area contributed by atoms with Crippen molar-refractivity contribution in [1.29, 1.82) is 0 Å². The highest BCUT2D eigenvalue weighted by atomic mass is 79.9. The molecule has 1 N–H and O–H groups in total. The van der Waals surface area contributed by atoms with Gasteiger partial charge in [-0.2, -0.15) is 0 Å². The van der Waals surface area contributed by atoms with Crippen LogP contribution in [0.5, 0.6) is 0 Å². The zero-order chi connectivity index (χ0) is 11.4. The lowest BCUT2D eigenvalue weighted by atomic mass is 10.1. The third kappa shape index (κ3) is 2.39. The molecule has 16 heavy (non-hydrogen) atoms. The number of anilines is 1. The maximum Gasteiger partial charge on any atom is 0.0423 e. The second-order valence-electron chi connectivity index (χ2n) is 3.38. The van der Waals surface area contributed by atoms with Crippen LogP contribution in [-0.2, 0) is 0 Å². The van der Waals surface area contributed by atoms with Gasteiger partial charge in [0.15, 0.2) is 0 Å². The van der Waals surface area contributed by atoms with Gasteiger partial charge in [0.1, 0.15) is 0 Å². The van der Waals surface area contributed by atoms with Crippen LogP contribution < -0.4 is 5.32 Å². The molecule has 0 fully saturated rings. The Morgan fingerprint density at radius 2 is 1.88 bits per heavy atom. The van der Waals surface area contributed by atoms with Gasteiger partial charge in [0.25, 0.3) is 0 Å². The first kappa shape index (κ1) is 11.5. The Kier molecular flexibility index (Phi) is 3.86. The Morgan fingerprint density at radius 1 is 1.12 bits per heavy atom. The number of nitrogens with one attached hydrogen (secondary N) is 1. The van der Waals surface area contributed by atoms with E-state index in [-0.39, 0.29) is 0 Å². The van der Waals surface area contributed by atoms with Gasteiger partial charge < -0.3 is 5.32 Å². The normalized spacial score (nSPS) is 11.1. The van der Waals surface area contributed by atoms with Crippen LogP contribution in [-0.4, -0.2) is 6.54 Å². The van der Waals surface area contributed by atoms with Gasteiger partial charge in [0, 0.05) is 27.6 Å². The average molecular weight is 297 g/mol. The summed E-state index contributed by atoms with van der Waals surface area (Å²) in [6, 6.07) is 12.4. The molecule has 1 nitrogen and oxygen atoms in total. The molecule has 82 valence electrons. The average Bonchev–Trinajstić information content (AvgIpc) is 2.33. The van der Waals surface area contributed by atoms with Gasteiger partial charge in [-0.25, -0.2) is 0 Å². The van der Waals surface area contributed by atoms with Gasteiger partial charge in [0.05, 0.1) is 0 Å². The van der Waals surface area contributed by atoms with Crippen LogP contribution in [0, 0.1) is 0 Å². The number of benzene rings is 2. The minimum absolute atomic E-state index is 0.731. The van der Waals surface area contributed by atoms with Gasteiger partial charge in [-0.3, -0.25) is 0 Å². The zero-order valence-electron chi connectivity index (χ0n) is 8.58. The fourth-order valence-electron chi connectivity index (χ4n) is 1.63. The highest BCUT2D eigenvalue weighted by molar-refractivity contribution is 9.10. The summed E-state index contributed by atoms with van der Waals surface area (Å²) in [5, 5.41) is 5.74. The van der Waals surface area contributed by atoms with Crippen LogP contribution in [0.25, 0.3) is 10.8 Å². The molecule has 0 aliphatic heterocycles. The Labute approximate surface area is 108 Å². The van der Waals surface area contributed by atoms with E-state index in [0.29, 0.717) is 0 Å². The van der Waals surface area contributed by atoms with E-state index in [1.807, 2.05) is 18.2 Å². The van der Waals surface area contributed by atoms with Gasteiger partial charge >= 0.3 is 0 Å². The Morgan fingerprint density at radius 3 is 2.62 bits per heavy atom. The molecule has 0 aliphatic rings. The molecule has 3 heteroatoms. The molecule has 0 radical (unpaired) electrons. The minimum Gasteiger partial charge on any atom is -0.381 e. The fourth-order valence-corrected chi connectivity index (χ4v) is 2.20. The van der Waals surface area contributed by atoms with Crippen molar-refractivity contribution in [2.75, 3.05) is 11.9 Å². The van der Waals surface area contributed by atoms with E-state index in [1.54, 1.807) is 0 Å². The van der Waals surface area contributed by atoms with Crippen molar-refractivity contribution < 1.29 is 0 Å². The number of rotatable bonds is 3. The van der Waals surface area contributed by atoms with Crippen molar-refractivity contribution in [2.45, 2.75) is 0 Å². The van der Waals surface area contributed by atoms with E-state index in [0.717, 1.165) is 16.7 Å². The van der Waals surface area contributed by atoms with E-state index in [4.69, 9.17) is 11.6 Å². The molecule has 2 aromatic rings. The van der Waals surface area contributed by atoms with Crippen LogP contribution in [0.3, 0.4) is 0 Å². The third-order valence-corrected chi connectivity index (χ3v) is 3.24. The summed E-state index contributed by atoms with van der Waals surface area (Å²) < 4.78 is 1.11. The number of hydrogen-bond donors (Lipinski definition) is 1. The Bertz CT molecular complexity index is 522. The van der Waals surface area contributed by atoms with Crippen molar-refractivity contribution in [3.05, 3.63) is 52.5 Å². The topological polar surface area (TPSA) is 12.0 Å². The second kappa shape index (κ2) is 5.37. The standard InChI is InChI=1S/C13H11BrClN/c14-12-6-7-13(16-9-3-8-15)11-5-2-1-4-10(11)12/h1-8,16H,9H2/b8-3+. The van der Waals surface area contributed by atoms with Crippen molar-refractivity contribution >= 4 is 44.0 Å². The first-order valence-electron chi connectivity index (χ1n) is 4.99. The Hall–Kier alpha value is -0.990. The molecule has 0 spiro atoms. The van der Waals surface area contributed by atoms with Crippen molar-refractivity contribution in [2.24, 2.45) is 0 Å². The van der Waals surface area contributed by atoms with Crippen molar-refractivity contribution in [3.8, 4) is 0 Å². The molecule has 0 bridgehead atoms. The molecule has 0 atom stereocenters. The largest absolute Gasteiger partial charge is 0.381 e. The molecule has 0 aromatic heterocycles. The summed E-state index contributed by atoms with van der Waals surface area (Å²) in [7, 11) is 0. The quantitative estimate of drug-likeness (QED) is 0.860. The van der Waals surface area contributed by atoms with E-state index < -0.39 is 0 Å². The van der Waals surface area contributed by atoms with Crippen LogP contribution in [0.15, 0.2) is 52.5 Å². The Balaban J connectivity index is 2.42. The molecule has 0 saturated heterocycles. The maximum atomic E-state index is 5.48. The summed E-state index contributed by atoms with van der Waals surface area (Å²) in [5.41, 5.74) is 2.64. The maximum absolute atomic E-state index is 5.48. The van der Waals surface area contributed by atoms with Crippen LogP contribution in [0.2, 0.25) is 0 Å². The summed E-state index contributed by atoms with van der Waals surface area (Å²) in [6.07, 6.45) is 1.87. The predicted molar refractivity (Wildman–Crippen MR) is 75.1 cm³/mol. The molecule has 0 aliphatic carbocycles. The molecule has 0 heterocycles. The molecule has 0 saturated carbocycles. The molecule has 0 unspecified atom stereocenters. The SMILES string of the molecule is Cl/C=C/CNc1ccc(Br)c2ccccc12. The van der Waals surface area contributed by atoms with Crippen molar-refractivity contribution in [1.82, 2.24) is 0 Å². The lowest BCUT2D eigenvalue weighted by Gasteiger charge is -2.09. The molecule has 2 aromatic carbocycles. The van der Waals surface area contributed by atoms with Crippen molar-refractivity contribution in [3.63, 3.8) is 0 Å². The minimum atomic E-state index is 0.731. The number of halogens is 2. The monoisotopic (exact) mass is 295 g/mol.